The second kappa shape index (κ2) is 5.68. The summed E-state index contributed by atoms with van der Waals surface area (Å²) in [5.41, 5.74) is 1.39. The van der Waals surface area contributed by atoms with E-state index in [2.05, 4.69) is 15.5 Å². The molecule has 9 heteroatoms. The average Bonchev–Trinajstić information content (AvgIpc) is 3.09. The molecule has 22 heavy (non-hydrogen) atoms. The van der Waals surface area contributed by atoms with Crippen molar-refractivity contribution in [2.45, 2.75) is 12.2 Å². The van der Waals surface area contributed by atoms with Gasteiger partial charge in [-0.2, -0.15) is 5.10 Å². The maximum absolute atomic E-state index is 11.4. The first kappa shape index (κ1) is 14.4. The smallest absolute Gasteiger partial charge is 0.326 e. The summed E-state index contributed by atoms with van der Waals surface area (Å²) >= 11 is 0.822. The number of ether oxygens (including phenoxy) is 2. The first-order valence-corrected chi connectivity index (χ1v) is 7.15. The number of carboxylic acid groups (broad SMARTS) is 1. The van der Waals surface area contributed by atoms with Crippen LogP contribution in [0.3, 0.4) is 0 Å². The summed E-state index contributed by atoms with van der Waals surface area (Å²) < 4.78 is 10.5. The van der Waals surface area contributed by atoms with Crippen LogP contribution in [0.15, 0.2) is 28.4 Å². The van der Waals surface area contributed by atoms with Crippen molar-refractivity contribution in [1.29, 1.82) is 0 Å². The van der Waals surface area contributed by atoms with E-state index in [-0.39, 0.29) is 12.0 Å². The van der Waals surface area contributed by atoms with Crippen LogP contribution in [0.5, 0.6) is 11.5 Å². The number of fused-ring (bicyclic) bond motifs is 1. The molecule has 0 aliphatic carbocycles. The Labute approximate surface area is 129 Å². The molecule has 1 aromatic carbocycles. The molecule has 2 N–H and O–H groups in total. The zero-order chi connectivity index (χ0) is 15.7. The van der Waals surface area contributed by atoms with Crippen LogP contribution in [-0.4, -0.2) is 39.9 Å². The second-order valence-corrected chi connectivity index (χ2v) is 5.58. The van der Waals surface area contributed by atoms with Crippen molar-refractivity contribution >= 4 is 34.5 Å². The summed E-state index contributed by atoms with van der Waals surface area (Å²) in [5, 5.41) is 18.1. The van der Waals surface area contributed by atoms with E-state index in [0.29, 0.717) is 17.2 Å². The van der Waals surface area contributed by atoms with Crippen LogP contribution in [0, 0.1) is 0 Å². The number of nitrogens with zero attached hydrogens (tertiary/aromatic N) is 2. The number of hydrogen-bond donors (Lipinski definition) is 2. The molecule has 1 fully saturated rings. The minimum atomic E-state index is -1.20. The normalized spacial score (nSPS) is 22.0. The molecule has 0 bridgehead atoms. The average molecular weight is 321 g/mol. The Morgan fingerprint density at radius 3 is 2.91 bits per heavy atom. The van der Waals surface area contributed by atoms with Crippen molar-refractivity contribution in [1.82, 2.24) is 5.32 Å². The topological polar surface area (TPSA) is 110 Å². The molecule has 0 spiro atoms. The number of aliphatic carboxylic acids is 1. The number of carbonyl (C=O) groups is 2. The Hall–Kier alpha value is -2.55. The van der Waals surface area contributed by atoms with Crippen LogP contribution in [0.4, 0.5) is 0 Å². The molecule has 3 rings (SSSR count). The van der Waals surface area contributed by atoms with E-state index in [1.165, 1.54) is 0 Å². The Bertz CT molecular complexity index is 716. The summed E-state index contributed by atoms with van der Waals surface area (Å²) in [6.45, 7) is 1.94. The fraction of sp³-hybridized carbons (Fsp3) is 0.231. The van der Waals surface area contributed by atoms with E-state index in [4.69, 9.17) is 14.6 Å². The van der Waals surface area contributed by atoms with Crippen LogP contribution in [0.1, 0.15) is 12.5 Å². The maximum atomic E-state index is 11.4. The van der Waals surface area contributed by atoms with Gasteiger partial charge in [-0.05, 0) is 25.1 Å². The molecule has 1 amide bonds. The van der Waals surface area contributed by atoms with Gasteiger partial charge in [-0.25, -0.2) is 0 Å². The molecule has 2 aliphatic rings. The lowest BCUT2D eigenvalue weighted by atomic mass is 10.1. The Balaban J connectivity index is 1.77. The predicted octanol–water partition coefficient (Wildman–Crippen LogP) is 0.811. The largest absolute Gasteiger partial charge is 0.480 e. The number of carboxylic acids is 1. The van der Waals surface area contributed by atoms with E-state index < -0.39 is 17.1 Å². The lowest BCUT2D eigenvalue weighted by Crippen LogP contribution is -2.29. The minimum Gasteiger partial charge on any atom is -0.480 e. The van der Waals surface area contributed by atoms with Crippen LogP contribution in [-0.2, 0) is 9.59 Å². The molecule has 0 radical (unpaired) electrons. The molecule has 114 valence electrons. The highest BCUT2D eigenvalue weighted by Crippen LogP contribution is 2.32. The van der Waals surface area contributed by atoms with E-state index in [0.717, 1.165) is 17.3 Å². The molecule has 1 aromatic rings. The number of benzene rings is 1. The van der Waals surface area contributed by atoms with Crippen molar-refractivity contribution in [3.05, 3.63) is 23.8 Å². The molecular formula is C13H11N3O5S. The number of amides is 1. The van der Waals surface area contributed by atoms with Gasteiger partial charge in [-0.3, -0.25) is 9.59 Å². The molecule has 2 aliphatic heterocycles. The lowest BCUT2D eigenvalue weighted by Gasteiger charge is -2.01. The summed E-state index contributed by atoms with van der Waals surface area (Å²) in [6, 6.07) is 5.37. The second-order valence-electron chi connectivity index (χ2n) is 4.48. The fourth-order valence-corrected chi connectivity index (χ4v) is 2.61. The number of thioether (sulfide) groups is 1. The van der Waals surface area contributed by atoms with Gasteiger partial charge in [0.05, 0.1) is 5.71 Å². The van der Waals surface area contributed by atoms with E-state index >= 15 is 0 Å². The first-order chi connectivity index (χ1) is 10.5. The summed E-state index contributed by atoms with van der Waals surface area (Å²) in [6.07, 6.45) is 0. The van der Waals surface area contributed by atoms with Crippen LogP contribution >= 0.6 is 11.8 Å². The molecule has 0 aromatic heterocycles. The van der Waals surface area contributed by atoms with Gasteiger partial charge in [0.2, 0.25) is 6.79 Å². The molecule has 1 saturated heterocycles. The summed E-state index contributed by atoms with van der Waals surface area (Å²) in [7, 11) is 0. The highest BCUT2D eigenvalue weighted by molar-refractivity contribution is 8.16. The summed E-state index contributed by atoms with van der Waals surface area (Å²) in [4.78, 5) is 22.2. The van der Waals surface area contributed by atoms with Crippen molar-refractivity contribution in [2.75, 3.05) is 6.79 Å². The van der Waals surface area contributed by atoms with Gasteiger partial charge in [0.1, 0.15) is 0 Å². The number of carbonyl (C=O) groups excluding carboxylic acids is 1. The van der Waals surface area contributed by atoms with Gasteiger partial charge in [0.25, 0.3) is 5.91 Å². The van der Waals surface area contributed by atoms with E-state index in [9.17, 15) is 9.59 Å². The number of amidine groups is 1. The minimum absolute atomic E-state index is 0.164. The van der Waals surface area contributed by atoms with Crippen LogP contribution in [0.25, 0.3) is 0 Å². The molecule has 8 nitrogen and oxygen atoms in total. The number of nitrogens with one attached hydrogen (secondary N) is 1. The third-order valence-electron chi connectivity index (χ3n) is 3.00. The van der Waals surface area contributed by atoms with Gasteiger partial charge in [0.15, 0.2) is 21.9 Å². The SMILES string of the molecule is CC(=NN=C1NC(=O)C(C(=O)O)S1)c1ccc2c(c1)OCO2. The Morgan fingerprint density at radius 2 is 2.18 bits per heavy atom. The zero-order valence-corrected chi connectivity index (χ0v) is 12.2. The molecule has 1 atom stereocenters. The highest BCUT2D eigenvalue weighted by Gasteiger charge is 2.36. The first-order valence-electron chi connectivity index (χ1n) is 6.27. The number of hydrogen-bond acceptors (Lipinski definition) is 7. The summed E-state index contributed by atoms with van der Waals surface area (Å²) in [5.74, 6) is -0.503. The Kier molecular flexibility index (Phi) is 3.72. The van der Waals surface area contributed by atoms with Gasteiger partial charge in [-0.15, -0.1) is 5.10 Å². The maximum Gasteiger partial charge on any atom is 0.326 e. The van der Waals surface area contributed by atoms with Crippen molar-refractivity contribution in [2.24, 2.45) is 10.2 Å². The van der Waals surface area contributed by atoms with Gasteiger partial charge in [0, 0.05) is 5.56 Å². The Morgan fingerprint density at radius 1 is 1.41 bits per heavy atom. The standard InChI is InChI=1S/C13H11N3O5S/c1-6(7-2-3-8-9(4-7)21-5-20-8)15-16-13-14-11(17)10(22-13)12(18)19/h2-4,10H,5H2,1H3,(H,18,19)(H,14,16,17). The third kappa shape index (κ3) is 2.75. The molecule has 2 heterocycles. The van der Waals surface area contributed by atoms with Gasteiger partial charge in [-0.1, -0.05) is 11.8 Å². The highest BCUT2D eigenvalue weighted by atomic mass is 32.2. The van der Waals surface area contributed by atoms with Crippen LogP contribution < -0.4 is 14.8 Å². The van der Waals surface area contributed by atoms with E-state index in [1.54, 1.807) is 19.1 Å². The quantitative estimate of drug-likeness (QED) is 0.484. The van der Waals surface area contributed by atoms with Crippen molar-refractivity contribution in [3.63, 3.8) is 0 Å². The van der Waals surface area contributed by atoms with Crippen LogP contribution in [0.2, 0.25) is 0 Å². The van der Waals surface area contributed by atoms with Gasteiger partial charge < -0.3 is 19.9 Å². The third-order valence-corrected chi connectivity index (χ3v) is 4.06. The fourth-order valence-electron chi connectivity index (χ4n) is 1.88. The van der Waals surface area contributed by atoms with Crippen molar-refractivity contribution in [3.8, 4) is 11.5 Å². The molecular weight excluding hydrogens is 310 g/mol. The number of rotatable bonds is 3. The van der Waals surface area contributed by atoms with Gasteiger partial charge >= 0.3 is 5.97 Å². The predicted molar refractivity (Wildman–Crippen MR) is 79.4 cm³/mol. The van der Waals surface area contributed by atoms with Crippen molar-refractivity contribution < 1.29 is 24.2 Å². The van der Waals surface area contributed by atoms with E-state index in [1.807, 2.05) is 6.07 Å². The molecule has 1 unspecified atom stereocenters. The molecule has 0 saturated carbocycles. The zero-order valence-electron chi connectivity index (χ0n) is 11.4. The monoisotopic (exact) mass is 321 g/mol. The lowest BCUT2D eigenvalue weighted by molar-refractivity contribution is -0.139.